The van der Waals surface area contributed by atoms with Crippen LogP contribution in [0.2, 0.25) is 0 Å². The molecule has 0 N–H and O–H groups in total. The Morgan fingerprint density at radius 3 is 2.68 bits per heavy atom. The molecular weight excluding hydrogens is 260 g/mol. The number of hydrogen-bond donors (Lipinski definition) is 0. The van der Waals surface area contributed by atoms with E-state index < -0.39 is 0 Å². The quantitative estimate of drug-likeness (QED) is 0.862. The third-order valence-corrected chi connectivity index (χ3v) is 4.52. The molecule has 0 aliphatic heterocycles. The highest BCUT2D eigenvalue weighted by molar-refractivity contribution is 7.10. The van der Waals surface area contributed by atoms with Crippen LogP contribution in [0.25, 0.3) is 11.6 Å². The Labute approximate surface area is 116 Å². The van der Waals surface area contributed by atoms with Crippen LogP contribution in [0.3, 0.4) is 0 Å². The summed E-state index contributed by atoms with van der Waals surface area (Å²) in [5, 5.41) is 7.16. The van der Waals surface area contributed by atoms with Gasteiger partial charge in [-0.25, -0.2) is 4.98 Å². The lowest BCUT2D eigenvalue weighted by Gasteiger charge is -2.18. The van der Waals surface area contributed by atoms with E-state index in [2.05, 4.69) is 15.1 Å². The molecule has 0 saturated heterocycles. The minimum atomic E-state index is 0.516. The molecule has 0 atom stereocenters. The summed E-state index contributed by atoms with van der Waals surface area (Å²) in [6, 6.07) is 0. The first-order valence-electron chi connectivity index (χ1n) is 6.71. The number of hydrogen-bond acceptors (Lipinski definition) is 6. The molecule has 1 fully saturated rings. The topological polar surface area (TPSA) is 55.1 Å². The van der Waals surface area contributed by atoms with Crippen molar-refractivity contribution in [2.24, 2.45) is 0 Å². The van der Waals surface area contributed by atoms with E-state index in [4.69, 9.17) is 4.52 Å². The van der Waals surface area contributed by atoms with Crippen molar-refractivity contribution < 1.29 is 4.52 Å². The standard InChI is InChI=1S/C13H18N4OS/c1-17(2)13-15-11(18-16-13)10-8-19-12(14-10)9-6-4-3-5-7-9/h8-9H,3-7H2,1-2H3. The van der Waals surface area contributed by atoms with E-state index in [1.807, 2.05) is 24.4 Å². The second kappa shape index (κ2) is 5.28. The van der Waals surface area contributed by atoms with Crippen LogP contribution >= 0.6 is 11.3 Å². The fourth-order valence-corrected chi connectivity index (χ4v) is 3.39. The molecule has 0 spiro atoms. The second-order valence-corrected chi connectivity index (χ2v) is 6.09. The van der Waals surface area contributed by atoms with E-state index in [1.54, 1.807) is 11.3 Å². The minimum Gasteiger partial charge on any atom is -0.344 e. The average Bonchev–Trinajstić information content (AvgIpc) is 3.09. The van der Waals surface area contributed by atoms with Crippen LogP contribution in [0.15, 0.2) is 9.90 Å². The molecule has 1 saturated carbocycles. The Balaban J connectivity index is 1.79. The molecule has 5 nitrogen and oxygen atoms in total. The second-order valence-electron chi connectivity index (χ2n) is 5.20. The zero-order chi connectivity index (χ0) is 13.2. The van der Waals surface area contributed by atoms with E-state index >= 15 is 0 Å². The Morgan fingerprint density at radius 1 is 1.21 bits per heavy atom. The van der Waals surface area contributed by atoms with Gasteiger partial charge in [0.15, 0.2) is 0 Å². The fourth-order valence-electron chi connectivity index (χ4n) is 2.42. The van der Waals surface area contributed by atoms with Gasteiger partial charge in [-0.05, 0) is 18.0 Å². The van der Waals surface area contributed by atoms with E-state index in [0.717, 1.165) is 5.69 Å². The zero-order valence-electron chi connectivity index (χ0n) is 11.3. The van der Waals surface area contributed by atoms with Crippen LogP contribution in [-0.2, 0) is 0 Å². The summed E-state index contributed by atoms with van der Waals surface area (Å²) in [6.45, 7) is 0. The van der Waals surface area contributed by atoms with Gasteiger partial charge in [0, 0.05) is 25.4 Å². The molecule has 0 radical (unpaired) electrons. The summed E-state index contributed by atoms with van der Waals surface area (Å²) in [4.78, 5) is 10.8. The molecule has 6 heteroatoms. The largest absolute Gasteiger partial charge is 0.344 e. The molecule has 2 aromatic rings. The lowest BCUT2D eigenvalue weighted by molar-refractivity contribution is 0.428. The Morgan fingerprint density at radius 2 is 2.00 bits per heavy atom. The summed E-state index contributed by atoms with van der Waals surface area (Å²) < 4.78 is 5.25. The van der Waals surface area contributed by atoms with Gasteiger partial charge in [-0.3, -0.25) is 0 Å². The first-order valence-corrected chi connectivity index (χ1v) is 7.59. The molecule has 1 aliphatic rings. The molecular formula is C13H18N4OS. The van der Waals surface area contributed by atoms with Gasteiger partial charge in [0.2, 0.25) is 0 Å². The summed E-state index contributed by atoms with van der Waals surface area (Å²) in [7, 11) is 3.78. The molecule has 1 aliphatic carbocycles. The molecule has 0 bridgehead atoms. The Kier molecular flexibility index (Phi) is 3.50. The SMILES string of the molecule is CN(C)c1noc(-c2csc(C3CCCCC3)n2)n1. The highest BCUT2D eigenvalue weighted by atomic mass is 32.1. The maximum Gasteiger partial charge on any atom is 0.278 e. The monoisotopic (exact) mass is 278 g/mol. The first-order chi connectivity index (χ1) is 9.24. The van der Waals surface area contributed by atoms with Gasteiger partial charge in [0.25, 0.3) is 11.8 Å². The Hall–Kier alpha value is -1.43. The van der Waals surface area contributed by atoms with Gasteiger partial charge in [-0.2, -0.15) is 4.98 Å². The van der Waals surface area contributed by atoms with Crippen LogP contribution in [0.5, 0.6) is 0 Å². The summed E-state index contributed by atoms with van der Waals surface area (Å²) >= 11 is 1.72. The van der Waals surface area contributed by atoms with E-state index in [9.17, 15) is 0 Å². The van der Waals surface area contributed by atoms with E-state index in [-0.39, 0.29) is 0 Å². The Bertz CT molecular complexity index is 542. The van der Waals surface area contributed by atoms with Gasteiger partial charge in [-0.1, -0.05) is 19.3 Å². The highest BCUT2D eigenvalue weighted by Crippen LogP contribution is 2.35. The third kappa shape index (κ3) is 2.63. The van der Waals surface area contributed by atoms with Crippen LogP contribution < -0.4 is 4.90 Å². The molecule has 2 heterocycles. The van der Waals surface area contributed by atoms with Crippen molar-refractivity contribution in [1.29, 1.82) is 0 Å². The average molecular weight is 278 g/mol. The van der Waals surface area contributed by atoms with Crippen LogP contribution in [0.4, 0.5) is 5.95 Å². The smallest absolute Gasteiger partial charge is 0.278 e. The lowest BCUT2D eigenvalue weighted by atomic mass is 9.90. The number of aromatic nitrogens is 3. The first kappa shape index (κ1) is 12.6. The van der Waals surface area contributed by atoms with Crippen molar-refractivity contribution >= 4 is 17.3 Å². The molecule has 102 valence electrons. The van der Waals surface area contributed by atoms with Crippen molar-refractivity contribution in [1.82, 2.24) is 15.1 Å². The predicted octanol–water partition coefficient (Wildman–Crippen LogP) is 3.31. The summed E-state index contributed by atoms with van der Waals surface area (Å²) in [5.41, 5.74) is 0.811. The molecule has 0 unspecified atom stereocenters. The molecule has 3 rings (SSSR count). The number of rotatable bonds is 3. The van der Waals surface area contributed by atoms with Crippen molar-refractivity contribution in [3.8, 4) is 11.6 Å². The highest BCUT2D eigenvalue weighted by Gasteiger charge is 2.20. The van der Waals surface area contributed by atoms with Crippen molar-refractivity contribution in [2.75, 3.05) is 19.0 Å². The maximum absolute atomic E-state index is 5.25. The fraction of sp³-hybridized carbons (Fsp3) is 0.615. The number of nitrogens with zero attached hydrogens (tertiary/aromatic N) is 4. The molecule has 2 aromatic heterocycles. The van der Waals surface area contributed by atoms with Gasteiger partial charge >= 0.3 is 0 Å². The molecule has 0 aromatic carbocycles. The van der Waals surface area contributed by atoms with Crippen LogP contribution in [0.1, 0.15) is 43.0 Å². The van der Waals surface area contributed by atoms with Crippen molar-refractivity contribution in [3.63, 3.8) is 0 Å². The van der Waals surface area contributed by atoms with E-state index in [0.29, 0.717) is 17.8 Å². The van der Waals surface area contributed by atoms with Gasteiger partial charge < -0.3 is 9.42 Å². The van der Waals surface area contributed by atoms with Gasteiger partial charge in [0.05, 0.1) is 5.01 Å². The minimum absolute atomic E-state index is 0.516. The summed E-state index contributed by atoms with van der Waals surface area (Å²) in [6.07, 6.45) is 6.54. The van der Waals surface area contributed by atoms with Crippen molar-refractivity contribution in [2.45, 2.75) is 38.0 Å². The third-order valence-electron chi connectivity index (χ3n) is 3.51. The normalized spacial score (nSPS) is 16.7. The predicted molar refractivity (Wildman–Crippen MR) is 75.6 cm³/mol. The van der Waals surface area contributed by atoms with Crippen LogP contribution in [-0.4, -0.2) is 29.2 Å². The van der Waals surface area contributed by atoms with Crippen molar-refractivity contribution in [3.05, 3.63) is 10.4 Å². The van der Waals surface area contributed by atoms with Gasteiger partial charge in [0.1, 0.15) is 5.69 Å². The lowest BCUT2D eigenvalue weighted by Crippen LogP contribution is -2.10. The zero-order valence-corrected chi connectivity index (χ0v) is 12.1. The van der Waals surface area contributed by atoms with E-state index in [1.165, 1.54) is 37.1 Å². The summed E-state index contributed by atoms with van der Waals surface area (Å²) in [5.74, 6) is 1.73. The molecule has 0 amide bonds. The maximum atomic E-state index is 5.25. The number of thiazole rings is 1. The number of anilines is 1. The molecule has 19 heavy (non-hydrogen) atoms. The van der Waals surface area contributed by atoms with Gasteiger partial charge in [-0.15, -0.1) is 11.3 Å². The van der Waals surface area contributed by atoms with Crippen LogP contribution in [0, 0.1) is 0 Å².